The molecule has 14 heavy (non-hydrogen) atoms. The van der Waals surface area contributed by atoms with Gasteiger partial charge in [0.2, 0.25) is 0 Å². The van der Waals surface area contributed by atoms with E-state index in [1.807, 2.05) is 0 Å². The molecule has 0 saturated carbocycles. The fourth-order valence-corrected chi connectivity index (χ4v) is 1.33. The Balaban J connectivity index is 2.08. The van der Waals surface area contributed by atoms with Gasteiger partial charge in [0, 0.05) is 38.3 Å². The zero-order valence-corrected chi connectivity index (χ0v) is 8.71. The predicted molar refractivity (Wildman–Crippen MR) is 55.1 cm³/mol. The van der Waals surface area contributed by atoms with Gasteiger partial charge in [-0.2, -0.15) is 0 Å². The first kappa shape index (κ1) is 11.2. The quantitative estimate of drug-likeness (QED) is 0.510. The summed E-state index contributed by atoms with van der Waals surface area (Å²) in [7, 11) is 0. The number of rotatable bonds is 4. The highest BCUT2D eigenvalue weighted by molar-refractivity contribution is 5.86. The maximum atomic E-state index is 11.0. The molecule has 1 aliphatic heterocycles. The fraction of sp³-hybridized carbons (Fsp3) is 0.700. The molecule has 80 valence electrons. The van der Waals surface area contributed by atoms with E-state index in [0.717, 1.165) is 32.7 Å². The van der Waals surface area contributed by atoms with Gasteiger partial charge in [-0.25, -0.2) is 4.79 Å². The molecule has 1 saturated heterocycles. The molecule has 0 aliphatic carbocycles. The number of hydrogen-bond acceptors (Lipinski definition) is 4. The Labute approximate surface area is 84.9 Å². The predicted octanol–water partition coefficient (Wildman–Crippen LogP) is 0.0109. The number of carbonyl (C=O) groups is 1. The van der Waals surface area contributed by atoms with Crippen molar-refractivity contribution >= 4 is 5.97 Å². The average Bonchev–Trinajstić information content (AvgIpc) is 2.19. The van der Waals surface area contributed by atoms with Gasteiger partial charge in [-0.3, -0.25) is 4.90 Å². The third-order valence-corrected chi connectivity index (χ3v) is 2.20. The molecule has 4 heteroatoms. The Morgan fingerprint density at radius 3 is 2.71 bits per heavy atom. The highest BCUT2D eigenvalue weighted by atomic mass is 16.5. The van der Waals surface area contributed by atoms with Crippen LogP contribution in [0.25, 0.3) is 0 Å². The second-order valence-corrected chi connectivity index (χ2v) is 3.51. The van der Waals surface area contributed by atoms with Crippen molar-refractivity contribution in [3.05, 3.63) is 12.2 Å². The minimum atomic E-state index is -0.292. The summed E-state index contributed by atoms with van der Waals surface area (Å²) in [4.78, 5) is 13.3. The lowest BCUT2D eigenvalue weighted by Crippen LogP contribution is -2.44. The van der Waals surface area contributed by atoms with Crippen LogP contribution in [0.1, 0.15) is 6.92 Å². The van der Waals surface area contributed by atoms with Crippen molar-refractivity contribution in [1.82, 2.24) is 10.2 Å². The first-order valence-electron chi connectivity index (χ1n) is 4.96. The molecule has 0 bridgehead atoms. The Morgan fingerprint density at radius 2 is 2.14 bits per heavy atom. The Morgan fingerprint density at radius 1 is 1.50 bits per heavy atom. The molecule has 0 unspecified atom stereocenters. The summed E-state index contributed by atoms with van der Waals surface area (Å²) in [5, 5.41) is 3.27. The molecule has 0 spiro atoms. The summed E-state index contributed by atoms with van der Waals surface area (Å²) in [5.41, 5.74) is 0.463. The van der Waals surface area contributed by atoms with E-state index >= 15 is 0 Å². The van der Waals surface area contributed by atoms with Crippen molar-refractivity contribution in [2.75, 3.05) is 39.3 Å². The van der Waals surface area contributed by atoms with Crippen LogP contribution in [0.2, 0.25) is 0 Å². The van der Waals surface area contributed by atoms with E-state index in [2.05, 4.69) is 16.8 Å². The molecule has 4 nitrogen and oxygen atoms in total. The molecule has 0 atom stereocenters. The number of nitrogens with zero attached hydrogens (tertiary/aromatic N) is 1. The average molecular weight is 198 g/mol. The lowest BCUT2D eigenvalue weighted by molar-refractivity contribution is -0.139. The maximum absolute atomic E-state index is 11.0. The van der Waals surface area contributed by atoms with Gasteiger partial charge in [0.25, 0.3) is 0 Å². The second-order valence-electron chi connectivity index (χ2n) is 3.51. The molecule has 0 aromatic rings. The van der Waals surface area contributed by atoms with Crippen molar-refractivity contribution < 1.29 is 9.53 Å². The highest BCUT2D eigenvalue weighted by Crippen LogP contribution is 1.95. The van der Waals surface area contributed by atoms with Crippen LogP contribution in [-0.2, 0) is 9.53 Å². The largest absolute Gasteiger partial charge is 0.461 e. The molecule has 1 heterocycles. The summed E-state index contributed by atoms with van der Waals surface area (Å²) in [5.74, 6) is -0.292. The molecular formula is C10H18N2O2. The van der Waals surface area contributed by atoms with Gasteiger partial charge in [-0.15, -0.1) is 0 Å². The molecule has 0 amide bonds. The zero-order chi connectivity index (χ0) is 10.4. The lowest BCUT2D eigenvalue weighted by Gasteiger charge is -2.26. The number of carbonyl (C=O) groups excluding carboxylic acids is 1. The van der Waals surface area contributed by atoms with Crippen molar-refractivity contribution in [1.29, 1.82) is 0 Å². The number of esters is 1. The van der Waals surface area contributed by atoms with Crippen LogP contribution < -0.4 is 5.32 Å². The smallest absolute Gasteiger partial charge is 0.333 e. The van der Waals surface area contributed by atoms with Crippen LogP contribution in [-0.4, -0.2) is 50.2 Å². The number of piperazine rings is 1. The maximum Gasteiger partial charge on any atom is 0.333 e. The van der Waals surface area contributed by atoms with Crippen LogP contribution in [0.15, 0.2) is 12.2 Å². The van der Waals surface area contributed by atoms with Crippen LogP contribution in [0, 0.1) is 0 Å². The Kier molecular flexibility index (Phi) is 4.62. The van der Waals surface area contributed by atoms with Gasteiger partial charge in [-0.05, 0) is 6.92 Å². The monoisotopic (exact) mass is 198 g/mol. The third kappa shape index (κ3) is 3.89. The van der Waals surface area contributed by atoms with Gasteiger partial charge < -0.3 is 10.1 Å². The third-order valence-electron chi connectivity index (χ3n) is 2.20. The van der Waals surface area contributed by atoms with E-state index in [4.69, 9.17) is 4.74 Å². The molecule has 1 rings (SSSR count). The van der Waals surface area contributed by atoms with Crippen molar-refractivity contribution in [3.8, 4) is 0 Å². The Bertz CT molecular complexity index is 210. The van der Waals surface area contributed by atoms with E-state index in [1.54, 1.807) is 6.92 Å². The normalized spacial score (nSPS) is 17.8. The summed E-state index contributed by atoms with van der Waals surface area (Å²) >= 11 is 0. The van der Waals surface area contributed by atoms with Gasteiger partial charge in [0.15, 0.2) is 0 Å². The van der Waals surface area contributed by atoms with Gasteiger partial charge in [-0.1, -0.05) is 6.58 Å². The van der Waals surface area contributed by atoms with Crippen molar-refractivity contribution in [2.45, 2.75) is 6.92 Å². The number of hydrogen-bond donors (Lipinski definition) is 1. The van der Waals surface area contributed by atoms with E-state index in [0.29, 0.717) is 12.2 Å². The minimum Gasteiger partial charge on any atom is -0.461 e. The first-order valence-corrected chi connectivity index (χ1v) is 4.96. The van der Waals surface area contributed by atoms with Gasteiger partial charge in [0.05, 0.1) is 0 Å². The molecular weight excluding hydrogens is 180 g/mol. The van der Waals surface area contributed by atoms with E-state index in [-0.39, 0.29) is 5.97 Å². The molecule has 0 radical (unpaired) electrons. The topological polar surface area (TPSA) is 41.6 Å². The first-order chi connectivity index (χ1) is 6.70. The number of ether oxygens (including phenoxy) is 1. The fourth-order valence-electron chi connectivity index (χ4n) is 1.33. The van der Waals surface area contributed by atoms with Gasteiger partial charge >= 0.3 is 5.97 Å². The lowest BCUT2D eigenvalue weighted by atomic mass is 10.3. The van der Waals surface area contributed by atoms with Crippen molar-refractivity contribution in [3.63, 3.8) is 0 Å². The number of nitrogens with one attached hydrogen (secondary N) is 1. The van der Waals surface area contributed by atoms with Gasteiger partial charge in [0.1, 0.15) is 6.61 Å². The zero-order valence-electron chi connectivity index (χ0n) is 8.71. The van der Waals surface area contributed by atoms with Crippen LogP contribution in [0.4, 0.5) is 0 Å². The molecule has 1 N–H and O–H groups in total. The molecule has 1 aliphatic rings. The Hall–Kier alpha value is -0.870. The summed E-state index contributed by atoms with van der Waals surface area (Å²) in [6.45, 7) is 10.6. The van der Waals surface area contributed by atoms with Crippen LogP contribution >= 0.6 is 0 Å². The standard InChI is InChI=1S/C10H18N2O2/c1-9(2)10(13)14-8-7-12-5-3-11-4-6-12/h11H,1,3-8H2,2H3. The molecule has 0 aromatic carbocycles. The van der Waals surface area contributed by atoms with E-state index < -0.39 is 0 Å². The second kappa shape index (κ2) is 5.78. The molecule has 1 fully saturated rings. The van der Waals surface area contributed by atoms with Crippen LogP contribution in [0.5, 0.6) is 0 Å². The summed E-state index contributed by atoms with van der Waals surface area (Å²) in [6.07, 6.45) is 0. The van der Waals surface area contributed by atoms with Crippen molar-refractivity contribution in [2.24, 2.45) is 0 Å². The highest BCUT2D eigenvalue weighted by Gasteiger charge is 2.10. The minimum absolute atomic E-state index is 0.292. The SMILES string of the molecule is C=C(C)C(=O)OCCN1CCNCC1. The van der Waals surface area contributed by atoms with Crippen LogP contribution in [0.3, 0.4) is 0 Å². The van der Waals surface area contributed by atoms with E-state index in [1.165, 1.54) is 0 Å². The van der Waals surface area contributed by atoms with E-state index in [9.17, 15) is 4.79 Å². The summed E-state index contributed by atoms with van der Waals surface area (Å²) < 4.78 is 5.01. The molecule has 0 aromatic heterocycles. The summed E-state index contributed by atoms with van der Waals surface area (Å²) in [6, 6.07) is 0.